The summed E-state index contributed by atoms with van der Waals surface area (Å²) in [5.41, 5.74) is 1.61. The average molecular weight is 613 g/mol. The second-order valence-electron chi connectivity index (χ2n) is 16.2. The van der Waals surface area contributed by atoms with Gasteiger partial charge in [0.1, 0.15) is 12.2 Å². The maximum Gasteiger partial charge on any atom is 0.338 e. The number of hydrogen-bond acceptors (Lipinski definition) is 4. The van der Waals surface area contributed by atoms with E-state index < -0.39 is 12.2 Å². The molecule has 0 amide bonds. The molecule has 0 radical (unpaired) electrons. The summed E-state index contributed by atoms with van der Waals surface area (Å²) in [6, 6.07) is 18.5. The molecule has 4 fully saturated rings. The highest BCUT2D eigenvalue weighted by atomic mass is 16.6. The fraction of sp³-hybridized carbons (Fsp3) is 0.659. The minimum atomic E-state index is -0.448. The smallest absolute Gasteiger partial charge is 0.338 e. The van der Waals surface area contributed by atoms with Crippen LogP contribution >= 0.6 is 0 Å². The standard InChI is InChI=1S/C41H56O4/c1-27(2)13-12-14-28(3)33-21-22-34-32-20-19-31-25-36(44-38(42)29-15-8-6-9-16-29)37(45-39(43)30-17-10-7-11-18-30)26-41(31,5)35(32)23-24-40(33,34)4/h6-11,15-18,27-28,31-37H,12-14,19-26H2,1-5H3/t28-,31+,32+,33+,34-,35+,36+,37-,40+,41+/m1/s1. The second kappa shape index (κ2) is 13.2. The van der Waals surface area contributed by atoms with E-state index in [1.165, 1.54) is 57.8 Å². The molecule has 0 aliphatic heterocycles. The van der Waals surface area contributed by atoms with Crippen molar-refractivity contribution in [2.45, 2.75) is 117 Å². The highest BCUT2D eigenvalue weighted by Gasteiger charge is 2.62. The molecule has 2 aromatic carbocycles. The number of benzene rings is 2. The largest absolute Gasteiger partial charge is 0.455 e. The van der Waals surface area contributed by atoms with Gasteiger partial charge in [-0.1, -0.05) is 90.3 Å². The molecule has 4 heteroatoms. The molecule has 4 aliphatic carbocycles. The summed E-state index contributed by atoms with van der Waals surface area (Å²) >= 11 is 0. The zero-order chi connectivity index (χ0) is 31.8. The van der Waals surface area contributed by atoms with Crippen molar-refractivity contribution >= 4 is 11.9 Å². The van der Waals surface area contributed by atoms with Crippen LogP contribution in [0.15, 0.2) is 60.7 Å². The van der Waals surface area contributed by atoms with Crippen molar-refractivity contribution in [1.82, 2.24) is 0 Å². The first kappa shape index (κ1) is 32.3. The van der Waals surface area contributed by atoms with Gasteiger partial charge in [0.05, 0.1) is 11.1 Å². The zero-order valence-corrected chi connectivity index (χ0v) is 28.4. The SMILES string of the molecule is CC(C)CCC[C@@H](C)[C@@H]1CC[C@@H]2[C@@H]3CC[C@H]4C[C@H](OC(=O)c5ccccc5)[C@H](OC(=O)c5ccccc5)C[C@]4(C)[C@H]3CC[C@]21C. The van der Waals surface area contributed by atoms with E-state index in [0.29, 0.717) is 28.4 Å². The number of ether oxygens (including phenoxy) is 2. The van der Waals surface area contributed by atoms with E-state index in [-0.39, 0.29) is 17.4 Å². The van der Waals surface area contributed by atoms with E-state index in [0.717, 1.165) is 42.4 Å². The summed E-state index contributed by atoms with van der Waals surface area (Å²) in [7, 11) is 0. The summed E-state index contributed by atoms with van der Waals surface area (Å²) in [5.74, 6) is 4.43. The first-order valence-corrected chi connectivity index (χ1v) is 18.1. The van der Waals surface area contributed by atoms with E-state index in [1.54, 1.807) is 24.3 Å². The van der Waals surface area contributed by atoms with Crippen molar-refractivity contribution in [1.29, 1.82) is 0 Å². The van der Waals surface area contributed by atoms with Crippen LogP contribution in [0.5, 0.6) is 0 Å². The number of esters is 2. The average Bonchev–Trinajstić information content (AvgIpc) is 3.39. The maximum absolute atomic E-state index is 13.4. The van der Waals surface area contributed by atoms with E-state index in [4.69, 9.17) is 9.47 Å². The molecule has 4 aliphatic rings. The van der Waals surface area contributed by atoms with Crippen LogP contribution in [0, 0.1) is 52.3 Å². The van der Waals surface area contributed by atoms with Crippen molar-refractivity contribution < 1.29 is 19.1 Å². The summed E-state index contributed by atoms with van der Waals surface area (Å²) in [6.45, 7) is 12.4. The quantitative estimate of drug-likeness (QED) is 0.264. The molecule has 0 unspecified atom stereocenters. The molecular formula is C41H56O4. The fourth-order valence-corrected chi connectivity index (χ4v) is 11.1. The second-order valence-corrected chi connectivity index (χ2v) is 16.2. The predicted molar refractivity (Wildman–Crippen MR) is 180 cm³/mol. The molecule has 0 N–H and O–H groups in total. The lowest BCUT2D eigenvalue weighted by Crippen LogP contribution is -2.58. The van der Waals surface area contributed by atoms with Gasteiger partial charge in [0.25, 0.3) is 0 Å². The Morgan fingerprint density at radius 2 is 1.33 bits per heavy atom. The molecular weight excluding hydrogens is 556 g/mol. The predicted octanol–water partition coefficient (Wildman–Crippen LogP) is 10.2. The Kier molecular flexibility index (Phi) is 9.51. The highest BCUT2D eigenvalue weighted by Crippen LogP contribution is 2.68. The molecule has 4 saturated carbocycles. The van der Waals surface area contributed by atoms with Crippen LogP contribution in [0.1, 0.15) is 126 Å². The third-order valence-corrected chi connectivity index (χ3v) is 13.4. The van der Waals surface area contributed by atoms with Gasteiger partial charge < -0.3 is 9.47 Å². The number of carbonyl (C=O) groups excluding carboxylic acids is 2. The topological polar surface area (TPSA) is 52.6 Å². The maximum atomic E-state index is 13.4. The van der Waals surface area contributed by atoms with Gasteiger partial charge in [-0.15, -0.1) is 0 Å². The van der Waals surface area contributed by atoms with Crippen LogP contribution in [-0.4, -0.2) is 24.1 Å². The van der Waals surface area contributed by atoms with Crippen LogP contribution in [0.3, 0.4) is 0 Å². The molecule has 0 saturated heterocycles. The van der Waals surface area contributed by atoms with Crippen molar-refractivity contribution in [3.63, 3.8) is 0 Å². The van der Waals surface area contributed by atoms with Gasteiger partial charge in [0.15, 0.2) is 0 Å². The Morgan fingerprint density at radius 1 is 0.733 bits per heavy atom. The Bertz CT molecular complexity index is 1310. The summed E-state index contributed by atoms with van der Waals surface area (Å²) in [6.07, 6.45) is 12.6. The Labute approximate surface area is 272 Å². The normalized spacial score (nSPS) is 36.4. The van der Waals surface area contributed by atoms with Gasteiger partial charge in [-0.3, -0.25) is 0 Å². The lowest BCUT2D eigenvalue weighted by Gasteiger charge is -2.62. The van der Waals surface area contributed by atoms with Crippen molar-refractivity contribution in [3.8, 4) is 0 Å². The Hall–Kier alpha value is -2.62. The highest BCUT2D eigenvalue weighted by molar-refractivity contribution is 5.90. The summed E-state index contributed by atoms with van der Waals surface area (Å²) < 4.78 is 12.5. The molecule has 10 atom stereocenters. The Morgan fingerprint density at radius 3 is 1.96 bits per heavy atom. The molecule has 4 nitrogen and oxygen atoms in total. The molecule has 0 spiro atoms. The van der Waals surface area contributed by atoms with Gasteiger partial charge in [0, 0.05) is 0 Å². The molecule has 2 aromatic rings. The van der Waals surface area contributed by atoms with Crippen LogP contribution in [0.25, 0.3) is 0 Å². The van der Waals surface area contributed by atoms with Gasteiger partial charge in [-0.25, -0.2) is 9.59 Å². The Balaban J connectivity index is 1.21. The zero-order valence-electron chi connectivity index (χ0n) is 28.4. The molecule has 244 valence electrons. The van der Waals surface area contributed by atoms with Gasteiger partial charge in [0.2, 0.25) is 0 Å². The van der Waals surface area contributed by atoms with Crippen LogP contribution in [0.4, 0.5) is 0 Å². The van der Waals surface area contributed by atoms with Crippen LogP contribution in [0.2, 0.25) is 0 Å². The van der Waals surface area contributed by atoms with Gasteiger partial charge in [-0.05, 0) is 128 Å². The number of carbonyl (C=O) groups is 2. The lowest BCUT2D eigenvalue weighted by atomic mass is 9.44. The summed E-state index contributed by atoms with van der Waals surface area (Å²) in [5, 5.41) is 0. The van der Waals surface area contributed by atoms with Crippen molar-refractivity contribution in [2.24, 2.45) is 52.3 Å². The van der Waals surface area contributed by atoms with Crippen molar-refractivity contribution in [3.05, 3.63) is 71.8 Å². The third kappa shape index (κ3) is 6.37. The number of fused-ring (bicyclic) bond motifs is 5. The first-order valence-electron chi connectivity index (χ1n) is 18.1. The van der Waals surface area contributed by atoms with E-state index in [9.17, 15) is 9.59 Å². The van der Waals surface area contributed by atoms with Gasteiger partial charge >= 0.3 is 11.9 Å². The minimum Gasteiger partial charge on any atom is -0.455 e. The fourth-order valence-electron chi connectivity index (χ4n) is 11.1. The molecule has 45 heavy (non-hydrogen) atoms. The number of hydrogen-bond donors (Lipinski definition) is 0. The van der Waals surface area contributed by atoms with Gasteiger partial charge in [-0.2, -0.15) is 0 Å². The number of rotatable bonds is 9. The van der Waals surface area contributed by atoms with E-state index in [2.05, 4.69) is 34.6 Å². The monoisotopic (exact) mass is 612 g/mol. The minimum absolute atomic E-state index is 0.0719. The van der Waals surface area contributed by atoms with Crippen LogP contribution in [-0.2, 0) is 9.47 Å². The summed E-state index contributed by atoms with van der Waals surface area (Å²) in [4.78, 5) is 26.7. The first-order chi connectivity index (χ1) is 21.6. The van der Waals surface area contributed by atoms with Crippen LogP contribution < -0.4 is 0 Å². The molecule has 0 aromatic heterocycles. The third-order valence-electron chi connectivity index (χ3n) is 13.4. The molecule has 6 rings (SSSR count). The molecule has 0 bridgehead atoms. The van der Waals surface area contributed by atoms with E-state index >= 15 is 0 Å². The molecule has 0 heterocycles. The van der Waals surface area contributed by atoms with Crippen molar-refractivity contribution in [2.75, 3.05) is 0 Å². The van der Waals surface area contributed by atoms with E-state index in [1.807, 2.05) is 36.4 Å². The lowest BCUT2D eigenvalue weighted by molar-refractivity contribution is -0.163.